The molecule has 0 spiro atoms. The van der Waals surface area contributed by atoms with Gasteiger partial charge in [-0.15, -0.1) is 0 Å². The molecular formula is C20H27NO3. The predicted molar refractivity (Wildman–Crippen MR) is 92.4 cm³/mol. The van der Waals surface area contributed by atoms with Gasteiger partial charge in [0.2, 0.25) is 5.91 Å². The third kappa shape index (κ3) is 3.80. The Hall–Kier alpha value is -1.84. The molecule has 1 aliphatic heterocycles. The maximum Gasteiger partial charge on any atom is 0.306 e. The summed E-state index contributed by atoms with van der Waals surface area (Å²) in [6.45, 7) is 0.831. The molecule has 1 atom stereocenters. The Labute approximate surface area is 143 Å². The molecule has 1 heterocycles. The number of carboxylic acid groups (broad SMARTS) is 1. The second-order valence-electron chi connectivity index (χ2n) is 7.19. The van der Waals surface area contributed by atoms with Gasteiger partial charge in [-0.1, -0.05) is 43.2 Å². The van der Waals surface area contributed by atoms with E-state index in [1.807, 2.05) is 18.2 Å². The molecule has 1 amide bonds. The van der Waals surface area contributed by atoms with E-state index >= 15 is 0 Å². The van der Waals surface area contributed by atoms with Crippen LogP contribution in [0.3, 0.4) is 0 Å². The fraction of sp³-hybridized carbons (Fsp3) is 0.600. The lowest BCUT2D eigenvalue weighted by Crippen LogP contribution is -2.40. The number of carboxylic acids is 1. The van der Waals surface area contributed by atoms with Crippen LogP contribution >= 0.6 is 0 Å². The molecule has 3 rings (SSSR count). The van der Waals surface area contributed by atoms with Crippen molar-refractivity contribution in [3.05, 3.63) is 35.9 Å². The van der Waals surface area contributed by atoms with Gasteiger partial charge in [0.05, 0.1) is 12.0 Å². The highest BCUT2D eigenvalue weighted by Crippen LogP contribution is 2.35. The number of amides is 1. The zero-order chi connectivity index (χ0) is 16.9. The van der Waals surface area contributed by atoms with Crippen molar-refractivity contribution in [2.45, 2.75) is 57.4 Å². The van der Waals surface area contributed by atoms with Gasteiger partial charge in [-0.05, 0) is 44.1 Å². The van der Waals surface area contributed by atoms with Crippen LogP contribution < -0.4 is 0 Å². The van der Waals surface area contributed by atoms with Crippen LogP contribution in [-0.2, 0) is 9.59 Å². The first-order chi connectivity index (χ1) is 11.7. The topological polar surface area (TPSA) is 57.6 Å². The van der Waals surface area contributed by atoms with E-state index in [-0.39, 0.29) is 23.8 Å². The van der Waals surface area contributed by atoms with Gasteiger partial charge in [-0.2, -0.15) is 0 Å². The van der Waals surface area contributed by atoms with E-state index in [2.05, 4.69) is 17.0 Å². The maximum absolute atomic E-state index is 13.1. The quantitative estimate of drug-likeness (QED) is 0.911. The van der Waals surface area contributed by atoms with Crippen LogP contribution in [0.4, 0.5) is 0 Å². The van der Waals surface area contributed by atoms with Crippen LogP contribution in [0.15, 0.2) is 30.3 Å². The molecule has 1 unspecified atom stereocenters. The normalized spacial score (nSPS) is 28.2. The lowest BCUT2D eigenvalue weighted by atomic mass is 9.81. The molecule has 130 valence electrons. The Morgan fingerprint density at radius 1 is 0.875 bits per heavy atom. The largest absolute Gasteiger partial charge is 0.481 e. The molecule has 1 aromatic rings. The third-order valence-corrected chi connectivity index (χ3v) is 5.65. The van der Waals surface area contributed by atoms with Crippen molar-refractivity contribution in [3.8, 4) is 0 Å². The third-order valence-electron chi connectivity index (χ3n) is 5.65. The summed E-state index contributed by atoms with van der Waals surface area (Å²) in [5.74, 6) is -0.722. The number of hydrogen-bond acceptors (Lipinski definition) is 2. The minimum atomic E-state index is -0.710. The standard InChI is InChI=1S/C20H27NO3/c22-19(16-10-12-17(13-11-16)20(23)24)21-14-6-2-5-9-18(21)15-7-3-1-4-8-15/h1,3-4,7-8,16-18H,2,5-6,9-14H2,(H,23,24). The summed E-state index contributed by atoms with van der Waals surface area (Å²) in [5.41, 5.74) is 1.23. The number of benzene rings is 1. The second-order valence-corrected chi connectivity index (χ2v) is 7.19. The molecular weight excluding hydrogens is 302 g/mol. The first-order valence-electron chi connectivity index (χ1n) is 9.25. The Morgan fingerprint density at radius 3 is 2.21 bits per heavy atom. The summed E-state index contributed by atoms with van der Waals surface area (Å²) < 4.78 is 0. The average molecular weight is 329 g/mol. The van der Waals surface area contributed by atoms with Gasteiger partial charge in [-0.3, -0.25) is 9.59 Å². The number of likely N-dealkylation sites (tertiary alicyclic amines) is 1. The van der Waals surface area contributed by atoms with Crippen molar-refractivity contribution < 1.29 is 14.7 Å². The summed E-state index contributed by atoms with van der Waals surface area (Å²) in [4.78, 5) is 26.4. The molecule has 0 bridgehead atoms. The highest BCUT2D eigenvalue weighted by Gasteiger charge is 2.35. The van der Waals surface area contributed by atoms with Crippen molar-refractivity contribution >= 4 is 11.9 Å². The monoisotopic (exact) mass is 329 g/mol. The summed E-state index contributed by atoms with van der Waals surface area (Å²) in [6, 6.07) is 10.5. The van der Waals surface area contributed by atoms with Crippen LogP contribution in [0, 0.1) is 11.8 Å². The molecule has 0 aromatic heterocycles. The van der Waals surface area contributed by atoms with Gasteiger partial charge in [-0.25, -0.2) is 0 Å². The van der Waals surface area contributed by atoms with E-state index < -0.39 is 5.97 Å². The summed E-state index contributed by atoms with van der Waals surface area (Å²) in [6.07, 6.45) is 7.14. The van der Waals surface area contributed by atoms with Crippen LogP contribution in [0.5, 0.6) is 0 Å². The van der Waals surface area contributed by atoms with Crippen LogP contribution in [0.1, 0.15) is 63.0 Å². The number of carbonyl (C=O) groups excluding carboxylic acids is 1. The van der Waals surface area contributed by atoms with Crippen molar-refractivity contribution in [1.82, 2.24) is 4.90 Å². The van der Waals surface area contributed by atoms with Crippen molar-refractivity contribution in [1.29, 1.82) is 0 Å². The second kappa shape index (κ2) is 7.82. The van der Waals surface area contributed by atoms with E-state index in [1.54, 1.807) is 0 Å². The van der Waals surface area contributed by atoms with Crippen molar-refractivity contribution in [2.75, 3.05) is 6.54 Å². The number of aliphatic carboxylic acids is 1. The molecule has 24 heavy (non-hydrogen) atoms. The zero-order valence-electron chi connectivity index (χ0n) is 14.2. The van der Waals surface area contributed by atoms with Gasteiger partial charge >= 0.3 is 5.97 Å². The molecule has 1 saturated heterocycles. The minimum Gasteiger partial charge on any atom is -0.481 e. The molecule has 0 radical (unpaired) electrons. The van der Waals surface area contributed by atoms with Gasteiger partial charge in [0.1, 0.15) is 0 Å². The molecule has 1 saturated carbocycles. The van der Waals surface area contributed by atoms with Crippen molar-refractivity contribution in [2.24, 2.45) is 11.8 Å². The number of rotatable bonds is 3. The molecule has 1 aromatic carbocycles. The molecule has 2 fully saturated rings. The van der Waals surface area contributed by atoms with E-state index in [1.165, 1.54) is 12.0 Å². The smallest absolute Gasteiger partial charge is 0.306 e. The molecule has 4 nitrogen and oxygen atoms in total. The summed E-state index contributed by atoms with van der Waals surface area (Å²) >= 11 is 0. The summed E-state index contributed by atoms with van der Waals surface area (Å²) in [5, 5.41) is 9.14. The van der Waals surface area contributed by atoms with Gasteiger partial charge < -0.3 is 10.0 Å². The summed E-state index contributed by atoms with van der Waals surface area (Å²) in [7, 11) is 0. The SMILES string of the molecule is O=C(O)C1CCC(C(=O)N2CCCCCC2c2ccccc2)CC1. The molecule has 1 aliphatic carbocycles. The first kappa shape index (κ1) is 17.0. The van der Waals surface area contributed by atoms with Gasteiger partial charge in [0.25, 0.3) is 0 Å². The number of carbonyl (C=O) groups is 2. The first-order valence-corrected chi connectivity index (χ1v) is 9.25. The zero-order valence-corrected chi connectivity index (χ0v) is 14.2. The van der Waals surface area contributed by atoms with E-state index in [9.17, 15) is 9.59 Å². The van der Waals surface area contributed by atoms with Crippen LogP contribution in [-0.4, -0.2) is 28.4 Å². The number of hydrogen-bond donors (Lipinski definition) is 1. The van der Waals surface area contributed by atoms with E-state index in [0.717, 1.165) is 25.8 Å². The molecule has 1 N–H and O–H groups in total. The Kier molecular flexibility index (Phi) is 5.54. The highest BCUT2D eigenvalue weighted by molar-refractivity contribution is 5.80. The lowest BCUT2D eigenvalue weighted by Gasteiger charge is -2.35. The fourth-order valence-electron chi connectivity index (χ4n) is 4.22. The van der Waals surface area contributed by atoms with Gasteiger partial charge in [0.15, 0.2) is 0 Å². The lowest BCUT2D eigenvalue weighted by molar-refractivity contribution is -0.146. The average Bonchev–Trinajstić information content (AvgIpc) is 2.88. The Morgan fingerprint density at radius 2 is 1.54 bits per heavy atom. The predicted octanol–water partition coefficient (Wildman–Crippen LogP) is 4.02. The fourth-order valence-corrected chi connectivity index (χ4v) is 4.22. The van der Waals surface area contributed by atoms with Gasteiger partial charge in [0, 0.05) is 12.5 Å². The Balaban J connectivity index is 1.72. The van der Waals surface area contributed by atoms with E-state index in [4.69, 9.17) is 5.11 Å². The highest BCUT2D eigenvalue weighted by atomic mass is 16.4. The molecule has 2 aliphatic rings. The van der Waals surface area contributed by atoms with Crippen LogP contribution in [0.2, 0.25) is 0 Å². The minimum absolute atomic E-state index is 0.00455. The Bertz CT molecular complexity index is 564. The molecule has 4 heteroatoms. The van der Waals surface area contributed by atoms with Crippen LogP contribution in [0.25, 0.3) is 0 Å². The maximum atomic E-state index is 13.1. The van der Waals surface area contributed by atoms with Crippen molar-refractivity contribution in [3.63, 3.8) is 0 Å². The number of nitrogens with zero attached hydrogens (tertiary/aromatic N) is 1. The van der Waals surface area contributed by atoms with E-state index in [0.29, 0.717) is 25.7 Å².